The van der Waals surface area contributed by atoms with Gasteiger partial charge in [-0.1, -0.05) is 135 Å². The van der Waals surface area contributed by atoms with Crippen LogP contribution in [-0.2, 0) is 27.9 Å². The molecule has 0 heterocycles. The molecule has 0 saturated carbocycles. The molecule has 9 heteroatoms. The van der Waals surface area contributed by atoms with Gasteiger partial charge in [0.1, 0.15) is 19.8 Å². The molecule has 0 aliphatic heterocycles. The third-order valence-electron chi connectivity index (χ3n) is 8.60. The Bertz CT molecular complexity index is 843. The Morgan fingerprint density at radius 1 is 0.633 bits per heavy atom. The first kappa shape index (κ1) is 47.8. The second-order valence-electron chi connectivity index (χ2n) is 14.7. The molecule has 0 aromatic heterocycles. The number of nitrogens with zero attached hydrogens (tertiary/aromatic N) is 1. The van der Waals surface area contributed by atoms with E-state index in [0.717, 1.165) is 32.1 Å². The molecular formula is C40H79NO7P+. The van der Waals surface area contributed by atoms with Crippen LogP contribution in [0.5, 0.6) is 0 Å². The first-order valence-electron chi connectivity index (χ1n) is 20.1. The van der Waals surface area contributed by atoms with Crippen LogP contribution in [0.3, 0.4) is 0 Å². The highest BCUT2D eigenvalue weighted by molar-refractivity contribution is 7.47. The molecule has 0 amide bonds. The average Bonchev–Trinajstić information content (AvgIpc) is 3.05. The summed E-state index contributed by atoms with van der Waals surface area (Å²) >= 11 is 0. The minimum absolute atomic E-state index is 0.0475. The number of carbonyl (C=O) groups is 1. The number of ether oxygens (including phenoxy) is 2. The van der Waals surface area contributed by atoms with E-state index in [9.17, 15) is 14.3 Å². The lowest BCUT2D eigenvalue weighted by Gasteiger charge is -2.24. The van der Waals surface area contributed by atoms with Crippen molar-refractivity contribution in [3.63, 3.8) is 0 Å². The van der Waals surface area contributed by atoms with Crippen molar-refractivity contribution >= 4 is 13.8 Å². The van der Waals surface area contributed by atoms with Crippen LogP contribution in [0.4, 0.5) is 0 Å². The van der Waals surface area contributed by atoms with E-state index in [-0.39, 0.29) is 25.8 Å². The molecule has 49 heavy (non-hydrogen) atoms. The van der Waals surface area contributed by atoms with E-state index in [1.165, 1.54) is 122 Å². The molecule has 2 atom stereocenters. The highest BCUT2D eigenvalue weighted by Crippen LogP contribution is 2.43. The fourth-order valence-corrected chi connectivity index (χ4v) is 6.10. The molecule has 0 aliphatic rings. The summed E-state index contributed by atoms with van der Waals surface area (Å²) in [5, 5.41) is 0. The van der Waals surface area contributed by atoms with E-state index in [1.807, 2.05) is 27.2 Å². The third-order valence-corrected chi connectivity index (χ3v) is 9.59. The summed E-state index contributed by atoms with van der Waals surface area (Å²) in [5.41, 5.74) is 0. The van der Waals surface area contributed by atoms with Gasteiger partial charge in [-0.15, -0.1) is 0 Å². The van der Waals surface area contributed by atoms with Crippen molar-refractivity contribution in [3.8, 4) is 0 Å². The average molecular weight is 717 g/mol. The van der Waals surface area contributed by atoms with Crippen LogP contribution in [0.2, 0.25) is 0 Å². The van der Waals surface area contributed by atoms with E-state index in [0.29, 0.717) is 17.4 Å². The van der Waals surface area contributed by atoms with Crippen LogP contribution in [0, 0.1) is 0 Å². The van der Waals surface area contributed by atoms with Gasteiger partial charge >= 0.3 is 13.8 Å². The topological polar surface area (TPSA) is 91.3 Å². The van der Waals surface area contributed by atoms with Crippen molar-refractivity contribution in [3.05, 3.63) is 24.5 Å². The summed E-state index contributed by atoms with van der Waals surface area (Å²) < 4.78 is 34.6. The quantitative estimate of drug-likeness (QED) is 0.0171. The lowest BCUT2D eigenvalue weighted by Crippen LogP contribution is -2.37. The second-order valence-corrected chi connectivity index (χ2v) is 16.2. The van der Waals surface area contributed by atoms with Gasteiger partial charge in [0.2, 0.25) is 0 Å². The van der Waals surface area contributed by atoms with Crippen LogP contribution in [-0.4, -0.2) is 69.0 Å². The summed E-state index contributed by atoms with van der Waals surface area (Å²) in [7, 11) is 1.67. The molecule has 2 unspecified atom stereocenters. The van der Waals surface area contributed by atoms with Crippen LogP contribution < -0.4 is 0 Å². The molecule has 0 spiro atoms. The number of unbranched alkanes of at least 4 members (excludes halogenated alkanes) is 21. The highest BCUT2D eigenvalue weighted by atomic mass is 31.2. The van der Waals surface area contributed by atoms with Gasteiger partial charge in [-0.3, -0.25) is 13.8 Å². The first-order chi connectivity index (χ1) is 23.6. The van der Waals surface area contributed by atoms with Crippen LogP contribution in [0.1, 0.15) is 174 Å². The number of allylic oxidation sites excluding steroid dienone is 3. The lowest BCUT2D eigenvalue weighted by molar-refractivity contribution is -0.870. The van der Waals surface area contributed by atoms with Crippen molar-refractivity contribution in [2.24, 2.45) is 0 Å². The van der Waals surface area contributed by atoms with E-state index in [1.54, 1.807) is 6.26 Å². The van der Waals surface area contributed by atoms with Crippen molar-refractivity contribution in [2.75, 3.05) is 47.5 Å². The van der Waals surface area contributed by atoms with Crippen molar-refractivity contribution < 1.29 is 37.3 Å². The van der Waals surface area contributed by atoms with E-state index in [2.05, 4.69) is 26.0 Å². The van der Waals surface area contributed by atoms with E-state index >= 15 is 0 Å². The molecule has 290 valence electrons. The zero-order chi connectivity index (χ0) is 36.3. The van der Waals surface area contributed by atoms with E-state index < -0.39 is 13.9 Å². The Morgan fingerprint density at radius 2 is 1.08 bits per heavy atom. The standard InChI is InChI=1S/C40H78NO7P/c1-6-8-10-12-14-16-18-19-20-21-22-24-26-28-30-32-35-45-39(38-48-49(43,44)47-36-34-41(3,4)5)37-46-40(42)33-31-29-27-25-23-17-15-13-11-9-7-2/h16,18,32,35,39H,6-15,17,19-31,33-34,36-38H2,1-5H3/p+1/b18-16-,35-32-. The maximum Gasteiger partial charge on any atom is 0.472 e. The number of likely N-dealkylation sites (N-methyl/N-ethyl adjacent to an activating group) is 1. The van der Waals surface area contributed by atoms with Crippen LogP contribution in [0.25, 0.3) is 0 Å². The number of phosphoric ester groups is 1. The lowest BCUT2D eigenvalue weighted by atomic mass is 10.1. The minimum Gasteiger partial charge on any atom is -0.492 e. The van der Waals surface area contributed by atoms with Crippen molar-refractivity contribution in [1.29, 1.82) is 0 Å². The number of rotatable bonds is 37. The molecule has 0 aromatic carbocycles. The summed E-state index contributed by atoms with van der Waals surface area (Å²) in [4.78, 5) is 22.6. The van der Waals surface area contributed by atoms with Gasteiger partial charge in [0.15, 0.2) is 6.10 Å². The molecule has 1 N–H and O–H groups in total. The molecule has 0 saturated heterocycles. The number of esters is 1. The Balaban J connectivity index is 4.33. The maximum atomic E-state index is 12.4. The summed E-state index contributed by atoms with van der Waals surface area (Å²) in [6.45, 7) is 4.88. The molecule has 0 aromatic rings. The SMILES string of the molecule is CCCCCC/C=C\CCCCCCCC/C=C\OC(COC(=O)CCCCCCCCCCCCC)COP(=O)(O)OCC[N+](C)(C)C. The first-order valence-corrected chi connectivity index (χ1v) is 21.6. The van der Waals surface area contributed by atoms with Gasteiger partial charge in [-0.25, -0.2) is 4.57 Å². The third kappa shape index (κ3) is 37.9. The fourth-order valence-electron chi connectivity index (χ4n) is 5.35. The molecule has 0 rings (SSSR count). The van der Waals surface area contributed by atoms with Crippen LogP contribution >= 0.6 is 7.82 Å². The number of hydrogen-bond acceptors (Lipinski definition) is 6. The van der Waals surface area contributed by atoms with Crippen molar-refractivity contribution in [1.82, 2.24) is 0 Å². The molecule has 0 radical (unpaired) electrons. The van der Waals surface area contributed by atoms with Gasteiger partial charge in [0, 0.05) is 6.42 Å². The summed E-state index contributed by atoms with van der Waals surface area (Å²) in [6, 6.07) is 0. The largest absolute Gasteiger partial charge is 0.492 e. The molecule has 0 aliphatic carbocycles. The van der Waals surface area contributed by atoms with Crippen molar-refractivity contribution in [2.45, 2.75) is 180 Å². The van der Waals surface area contributed by atoms with E-state index in [4.69, 9.17) is 18.5 Å². The molecule has 0 fully saturated rings. The normalized spacial score (nSPS) is 14.1. The van der Waals surface area contributed by atoms with Gasteiger partial charge < -0.3 is 18.9 Å². The molecule has 8 nitrogen and oxygen atoms in total. The number of quaternary nitrogens is 1. The number of carbonyl (C=O) groups excluding carboxylic acids is 1. The summed E-state index contributed by atoms with van der Waals surface area (Å²) in [6.07, 6.45) is 37.3. The monoisotopic (exact) mass is 717 g/mol. The second kappa shape index (κ2) is 33.9. The Labute approximate surface area is 303 Å². The fraction of sp³-hybridized carbons (Fsp3) is 0.875. The van der Waals surface area contributed by atoms with Gasteiger partial charge in [0.25, 0.3) is 0 Å². The van der Waals surface area contributed by atoms with Gasteiger partial charge in [0.05, 0.1) is 34.0 Å². The van der Waals surface area contributed by atoms with Crippen LogP contribution in [0.15, 0.2) is 24.5 Å². The maximum absolute atomic E-state index is 12.4. The van der Waals surface area contributed by atoms with Gasteiger partial charge in [-0.2, -0.15) is 0 Å². The zero-order valence-corrected chi connectivity index (χ0v) is 33.6. The van der Waals surface area contributed by atoms with Gasteiger partial charge in [-0.05, 0) is 51.0 Å². The number of hydrogen-bond donors (Lipinski definition) is 1. The highest BCUT2D eigenvalue weighted by Gasteiger charge is 2.25. The zero-order valence-electron chi connectivity index (χ0n) is 32.7. The predicted molar refractivity (Wildman–Crippen MR) is 206 cm³/mol. The smallest absolute Gasteiger partial charge is 0.472 e. The molecule has 0 bridgehead atoms. The summed E-state index contributed by atoms with van der Waals surface area (Å²) in [5.74, 6) is -0.279. The number of phosphoric acid groups is 1. The Hall–Kier alpha value is -1.18. The predicted octanol–water partition coefficient (Wildman–Crippen LogP) is 11.6. The minimum atomic E-state index is -4.26. The Morgan fingerprint density at radius 3 is 1.59 bits per heavy atom. The Kier molecular flexibility index (Phi) is 33.1. The molecular weight excluding hydrogens is 637 g/mol.